The zero-order chi connectivity index (χ0) is 17.1. The average molecular weight is 343 g/mol. The first-order valence-electron chi connectivity index (χ1n) is 6.46. The molecule has 0 aliphatic heterocycles. The molecule has 0 fully saturated rings. The Kier molecular flexibility index (Phi) is 4.74. The Bertz CT molecular complexity index is 775. The number of amides is 1. The fourth-order valence-corrected chi connectivity index (χ4v) is 3.27. The molecule has 0 heterocycles. The molecule has 0 spiro atoms. The van der Waals surface area contributed by atoms with Gasteiger partial charge in [0.25, 0.3) is 10.0 Å². The van der Waals surface area contributed by atoms with Crippen LogP contribution in [-0.2, 0) is 21.4 Å². The Morgan fingerprint density at radius 3 is 1.87 bits per heavy atom. The first-order chi connectivity index (χ1) is 10.7. The van der Waals surface area contributed by atoms with Crippen LogP contribution in [0.15, 0.2) is 65.6 Å². The third-order valence-corrected chi connectivity index (χ3v) is 4.71. The first-order valence-corrected chi connectivity index (χ1v) is 7.90. The minimum atomic E-state index is -5.30. The molecule has 0 bridgehead atoms. The summed E-state index contributed by atoms with van der Waals surface area (Å²) >= 11 is 0. The lowest BCUT2D eigenvalue weighted by Gasteiger charge is -2.23. The molecule has 0 aromatic heterocycles. The molecule has 122 valence electrons. The number of benzene rings is 2. The van der Waals surface area contributed by atoms with Gasteiger partial charge in [-0.1, -0.05) is 48.5 Å². The molecule has 2 aromatic carbocycles. The SMILES string of the molecule is O=C(N(Cc1ccccc1)S(=O)(=O)c1ccccc1)C(F)(F)F. The van der Waals surface area contributed by atoms with Gasteiger partial charge in [0.2, 0.25) is 0 Å². The summed E-state index contributed by atoms with van der Waals surface area (Å²) in [7, 11) is -4.62. The molecule has 23 heavy (non-hydrogen) atoms. The van der Waals surface area contributed by atoms with E-state index in [9.17, 15) is 26.4 Å². The summed E-state index contributed by atoms with van der Waals surface area (Å²) < 4.78 is 63.1. The van der Waals surface area contributed by atoms with Crippen molar-refractivity contribution in [1.82, 2.24) is 4.31 Å². The van der Waals surface area contributed by atoms with Crippen molar-refractivity contribution >= 4 is 15.9 Å². The third kappa shape index (κ3) is 3.89. The molecular weight excluding hydrogens is 331 g/mol. The Balaban J connectivity index is 2.47. The van der Waals surface area contributed by atoms with Crippen LogP contribution in [-0.4, -0.2) is 24.8 Å². The number of hydrogen-bond donors (Lipinski definition) is 0. The molecule has 0 saturated carbocycles. The van der Waals surface area contributed by atoms with E-state index in [1.807, 2.05) is 0 Å². The number of halogens is 3. The molecule has 0 saturated heterocycles. The average Bonchev–Trinajstić information content (AvgIpc) is 2.53. The molecule has 0 atom stereocenters. The van der Waals surface area contributed by atoms with Gasteiger partial charge in [-0.15, -0.1) is 0 Å². The van der Waals surface area contributed by atoms with Crippen LogP contribution in [0.3, 0.4) is 0 Å². The van der Waals surface area contributed by atoms with Gasteiger partial charge in [0.15, 0.2) is 0 Å². The Labute approximate surface area is 131 Å². The number of rotatable bonds is 4. The van der Waals surface area contributed by atoms with Gasteiger partial charge in [-0.25, -0.2) is 12.7 Å². The lowest BCUT2D eigenvalue weighted by atomic mass is 10.2. The zero-order valence-corrected chi connectivity index (χ0v) is 12.5. The fourth-order valence-electron chi connectivity index (χ4n) is 1.88. The van der Waals surface area contributed by atoms with Crippen LogP contribution in [0.25, 0.3) is 0 Å². The smallest absolute Gasteiger partial charge is 0.263 e. The van der Waals surface area contributed by atoms with Gasteiger partial charge in [-0.2, -0.15) is 13.2 Å². The normalized spacial score (nSPS) is 12.0. The summed E-state index contributed by atoms with van der Waals surface area (Å²) in [6.45, 7) is -0.698. The van der Waals surface area contributed by atoms with Crippen LogP contribution in [0, 0.1) is 0 Å². The van der Waals surface area contributed by atoms with Crippen molar-refractivity contribution in [2.75, 3.05) is 0 Å². The third-order valence-electron chi connectivity index (χ3n) is 2.97. The standard InChI is InChI=1S/C15H12F3NO3S/c16-15(17,18)14(20)19(11-12-7-3-1-4-8-12)23(21,22)13-9-5-2-6-10-13/h1-10H,11H2. The van der Waals surface area contributed by atoms with Crippen LogP contribution in [0.1, 0.15) is 5.56 Å². The van der Waals surface area contributed by atoms with Gasteiger partial charge >= 0.3 is 12.1 Å². The maximum absolute atomic E-state index is 12.8. The van der Waals surface area contributed by atoms with Gasteiger partial charge in [0, 0.05) is 0 Å². The minimum Gasteiger partial charge on any atom is -0.263 e. The quantitative estimate of drug-likeness (QED) is 0.858. The maximum atomic E-state index is 12.8. The largest absolute Gasteiger partial charge is 0.472 e. The van der Waals surface area contributed by atoms with E-state index in [-0.39, 0.29) is 14.8 Å². The van der Waals surface area contributed by atoms with E-state index in [0.29, 0.717) is 0 Å². The highest BCUT2D eigenvalue weighted by Gasteiger charge is 2.47. The van der Waals surface area contributed by atoms with Crippen LogP contribution in [0.4, 0.5) is 13.2 Å². The summed E-state index contributed by atoms with van der Waals surface area (Å²) in [5.41, 5.74) is 0.268. The molecule has 0 aliphatic carbocycles. The molecule has 1 amide bonds. The van der Waals surface area contributed by atoms with Crippen molar-refractivity contribution < 1.29 is 26.4 Å². The number of nitrogens with zero attached hydrogens (tertiary/aromatic N) is 1. The Morgan fingerprint density at radius 2 is 1.39 bits per heavy atom. The summed E-state index contributed by atoms with van der Waals surface area (Å²) in [5.74, 6) is -2.43. The van der Waals surface area contributed by atoms with Crippen molar-refractivity contribution in [3.05, 3.63) is 66.2 Å². The number of sulfonamides is 1. The molecule has 0 aliphatic rings. The molecular formula is C15H12F3NO3S. The monoisotopic (exact) mass is 343 g/mol. The fraction of sp³-hybridized carbons (Fsp3) is 0.133. The maximum Gasteiger partial charge on any atom is 0.472 e. The summed E-state index contributed by atoms with van der Waals surface area (Å²) in [5, 5.41) is 0. The number of carbonyl (C=O) groups excluding carboxylic acids is 1. The summed E-state index contributed by atoms with van der Waals surface area (Å²) in [4.78, 5) is 11.2. The second-order valence-electron chi connectivity index (χ2n) is 4.61. The Morgan fingerprint density at radius 1 is 0.913 bits per heavy atom. The summed E-state index contributed by atoms with van der Waals surface area (Å²) in [6.07, 6.45) is -5.30. The predicted molar refractivity (Wildman–Crippen MR) is 76.7 cm³/mol. The Hall–Kier alpha value is -2.35. The van der Waals surface area contributed by atoms with Crippen molar-refractivity contribution in [2.45, 2.75) is 17.6 Å². The van der Waals surface area contributed by atoms with Crippen LogP contribution >= 0.6 is 0 Å². The molecule has 0 unspecified atom stereocenters. The summed E-state index contributed by atoms with van der Waals surface area (Å²) in [6, 6.07) is 14.1. The topological polar surface area (TPSA) is 54.5 Å². The molecule has 2 rings (SSSR count). The van der Waals surface area contributed by atoms with Gasteiger partial charge in [0.05, 0.1) is 11.4 Å². The number of alkyl halides is 3. The highest BCUT2D eigenvalue weighted by Crippen LogP contribution is 2.25. The van der Waals surface area contributed by atoms with Crippen molar-refractivity contribution in [3.63, 3.8) is 0 Å². The van der Waals surface area contributed by atoms with Crippen molar-refractivity contribution in [2.24, 2.45) is 0 Å². The van der Waals surface area contributed by atoms with E-state index in [4.69, 9.17) is 0 Å². The van der Waals surface area contributed by atoms with Crippen molar-refractivity contribution in [3.8, 4) is 0 Å². The minimum absolute atomic E-state index is 0.155. The molecule has 0 radical (unpaired) electrons. The highest BCUT2D eigenvalue weighted by molar-refractivity contribution is 7.89. The van der Waals surface area contributed by atoms with E-state index in [2.05, 4.69) is 0 Å². The second-order valence-corrected chi connectivity index (χ2v) is 6.48. The van der Waals surface area contributed by atoms with E-state index in [0.717, 1.165) is 12.1 Å². The molecule has 0 N–H and O–H groups in total. The first kappa shape index (κ1) is 17.0. The van der Waals surface area contributed by atoms with Crippen molar-refractivity contribution in [1.29, 1.82) is 0 Å². The molecule has 4 nitrogen and oxygen atoms in total. The van der Waals surface area contributed by atoms with Crippen LogP contribution < -0.4 is 0 Å². The van der Waals surface area contributed by atoms with Crippen LogP contribution in [0.5, 0.6) is 0 Å². The van der Waals surface area contributed by atoms with E-state index in [1.165, 1.54) is 30.3 Å². The zero-order valence-electron chi connectivity index (χ0n) is 11.7. The molecule has 2 aromatic rings. The highest BCUT2D eigenvalue weighted by atomic mass is 32.2. The lowest BCUT2D eigenvalue weighted by molar-refractivity contribution is -0.180. The van der Waals surface area contributed by atoms with E-state index < -0.39 is 28.7 Å². The predicted octanol–water partition coefficient (Wildman–Crippen LogP) is 2.97. The second kappa shape index (κ2) is 6.41. The van der Waals surface area contributed by atoms with Gasteiger partial charge < -0.3 is 0 Å². The number of hydrogen-bond acceptors (Lipinski definition) is 3. The van der Waals surface area contributed by atoms with Gasteiger partial charge in [-0.05, 0) is 17.7 Å². The lowest BCUT2D eigenvalue weighted by Crippen LogP contribution is -2.44. The number of carbonyl (C=O) groups is 1. The molecule has 8 heteroatoms. The van der Waals surface area contributed by atoms with E-state index in [1.54, 1.807) is 18.2 Å². The van der Waals surface area contributed by atoms with E-state index >= 15 is 0 Å². The van der Waals surface area contributed by atoms with Gasteiger partial charge in [0.1, 0.15) is 0 Å². The van der Waals surface area contributed by atoms with Crippen LogP contribution in [0.2, 0.25) is 0 Å². The van der Waals surface area contributed by atoms with Gasteiger partial charge in [-0.3, -0.25) is 4.79 Å².